The number of benzene rings is 1. The average Bonchev–Trinajstić information content (AvgIpc) is 2.85. The maximum Gasteiger partial charge on any atom is 0.123 e. The van der Waals surface area contributed by atoms with E-state index in [1.54, 1.807) is 11.3 Å². The number of rotatable bonds is 6. The summed E-state index contributed by atoms with van der Waals surface area (Å²) in [6, 6.07) is 11.0. The predicted molar refractivity (Wildman–Crippen MR) is 75.3 cm³/mol. The quantitative estimate of drug-likeness (QED) is 0.843. The first-order valence-electron chi connectivity index (χ1n) is 6.26. The van der Waals surface area contributed by atoms with Gasteiger partial charge in [-0.1, -0.05) is 18.2 Å². The van der Waals surface area contributed by atoms with Gasteiger partial charge in [0.05, 0.1) is 0 Å². The van der Waals surface area contributed by atoms with Crippen LogP contribution in [0.4, 0.5) is 4.39 Å². The zero-order chi connectivity index (χ0) is 12.8. The van der Waals surface area contributed by atoms with Gasteiger partial charge in [0.2, 0.25) is 0 Å². The number of thiophene rings is 1. The Balaban J connectivity index is 1.71. The molecule has 96 valence electrons. The molecular formula is C15H18FNS. The molecule has 0 radical (unpaired) electrons. The maximum absolute atomic E-state index is 12.8. The molecule has 0 spiro atoms. The van der Waals surface area contributed by atoms with Crippen LogP contribution in [0.15, 0.2) is 41.8 Å². The van der Waals surface area contributed by atoms with Crippen LogP contribution in [0.25, 0.3) is 0 Å². The summed E-state index contributed by atoms with van der Waals surface area (Å²) in [7, 11) is 0. The molecule has 0 fully saturated rings. The highest BCUT2D eigenvalue weighted by Crippen LogP contribution is 2.14. The van der Waals surface area contributed by atoms with E-state index in [1.165, 1.54) is 17.0 Å². The van der Waals surface area contributed by atoms with Gasteiger partial charge in [0.1, 0.15) is 5.82 Å². The lowest BCUT2D eigenvalue weighted by molar-refractivity contribution is 0.580. The number of hydrogen-bond acceptors (Lipinski definition) is 2. The molecule has 3 heteroatoms. The van der Waals surface area contributed by atoms with Gasteiger partial charge < -0.3 is 5.73 Å². The van der Waals surface area contributed by atoms with Gasteiger partial charge in [-0.25, -0.2) is 4.39 Å². The van der Waals surface area contributed by atoms with E-state index >= 15 is 0 Å². The van der Waals surface area contributed by atoms with Crippen molar-refractivity contribution in [3.63, 3.8) is 0 Å². The van der Waals surface area contributed by atoms with Crippen LogP contribution < -0.4 is 5.73 Å². The van der Waals surface area contributed by atoms with E-state index in [9.17, 15) is 4.39 Å². The molecule has 0 amide bonds. The fraction of sp³-hybridized carbons (Fsp3) is 0.333. The number of hydrogen-bond donors (Lipinski definition) is 1. The molecule has 2 N–H and O–H groups in total. The van der Waals surface area contributed by atoms with E-state index in [4.69, 9.17) is 5.73 Å². The van der Waals surface area contributed by atoms with Crippen LogP contribution in [-0.2, 0) is 12.8 Å². The molecule has 2 rings (SSSR count). The van der Waals surface area contributed by atoms with Crippen LogP contribution >= 0.6 is 11.3 Å². The number of aryl methyl sites for hydroxylation is 1. The molecule has 0 aliphatic carbocycles. The minimum atomic E-state index is -0.190. The fourth-order valence-corrected chi connectivity index (χ4v) is 2.77. The van der Waals surface area contributed by atoms with E-state index in [0.717, 1.165) is 31.2 Å². The molecule has 0 saturated heterocycles. The van der Waals surface area contributed by atoms with Gasteiger partial charge in [-0.05, 0) is 54.8 Å². The van der Waals surface area contributed by atoms with Gasteiger partial charge in [0.25, 0.3) is 0 Å². The second-order valence-electron chi connectivity index (χ2n) is 4.56. The molecule has 0 bridgehead atoms. The zero-order valence-electron chi connectivity index (χ0n) is 10.3. The third kappa shape index (κ3) is 4.24. The van der Waals surface area contributed by atoms with Crippen LogP contribution in [0.1, 0.15) is 23.3 Å². The van der Waals surface area contributed by atoms with Crippen molar-refractivity contribution >= 4 is 11.3 Å². The van der Waals surface area contributed by atoms with E-state index in [1.807, 2.05) is 12.1 Å². The Morgan fingerprint density at radius 2 is 1.94 bits per heavy atom. The first-order chi connectivity index (χ1) is 8.74. The van der Waals surface area contributed by atoms with Crippen molar-refractivity contribution in [2.24, 2.45) is 5.73 Å². The summed E-state index contributed by atoms with van der Waals surface area (Å²) in [5.41, 5.74) is 7.20. The molecule has 0 aliphatic heterocycles. The minimum absolute atomic E-state index is 0.162. The van der Waals surface area contributed by atoms with Crippen LogP contribution in [0.3, 0.4) is 0 Å². The Kier molecular flexibility index (Phi) is 4.90. The number of nitrogens with two attached hydrogens (primary N) is 1. The fourth-order valence-electron chi connectivity index (χ4n) is 2.02. The Bertz CT molecular complexity index is 450. The van der Waals surface area contributed by atoms with E-state index < -0.39 is 0 Å². The Labute approximate surface area is 111 Å². The van der Waals surface area contributed by atoms with Gasteiger partial charge in [-0.2, -0.15) is 0 Å². The Morgan fingerprint density at radius 3 is 2.61 bits per heavy atom. The van der Waals surface area contributed by atoms with Crippen LogP contribution in [0.5, 0.6) is 0 Å². The smallest absolute Gasteiger partial charge is 0.123 e. The first kappa shape index (κ1) is 13.2. The standard InChI is InChI=1S/C15H18FNS/c16-13-8-6-12(7-9-13)11-14(17)3-1-4-15-5-2-10-18-15/h2,5-10,14H,1,3-4,11,17H2. The van der Waals surface area contributed by atoms with E-state index in [-0.39, 0.29) is 11.9 Å². The second-order valence-corrected chi connectivity index (χ2v) is 5.59. The highest BCUT2D eigenvalue weighted by atomic mass is 32.1. The molecule has 1 heterocycles. The second kappa shape index (κ2) is 6.66. The van der Waals surface area contributed by atoms with Crippen molar-refractivity contribution < 1.29 is 4.39 Å². The average molecular weight is 263 g/mol. The Hall–Kier alpha value is -1.19. The lowest BCUT2D eigenvalue weighted by Gasteiger charge is -2.11. The Morgan fingerprint density at radius 1 is 1.17 bits per heavy atom. The van der Waals surface area contributed by atoms with Gasteiger partial charge >= 0.3 is 0 Å². The molecule has 1 aromatic heterocycles. The normalized spacial score (nSPS) is 12.6. The molecule has 0 saturated carbocycles. The third-order valence-electron chi connectivity index (χ3n) is 2.99. The summed E-state index contributed by atoms with van der Waals surface area (Å²) in [5.74, 6) is -0.190. The van der Waals surface area contributed by atoms with Crippen molar-refractivity contribution in [2.75, 3.05) is 0 Å². The topological polar surface area (TPSA) is 26.0 Å². The van der Waals surface area contributed by atoms with Crippen molar-refractivity contribution in [2.45, 2.75) is 31.7 Å². The van der Waals surface area contributed by atoms with Crippen molar-refractivity contribution in [3.8, 4) is 0 Å². The highest BCUT2D eigenvalue weighted by Gasteiger charge is 2.05. The van der Waals surface area contributed by atoms with Gasteiger partial charge in [-0.15, -0.1) is 11.3 Å². The van der Waals surface area contributed by atoms with Gasteiger partial charge in [-0.3, -0.25) is 0 Å². The van der Waals surface area contributed by atoms with Crippen molar-refractivity contribution in [1.29, 1.82) is 0 Å². The SMILES string of the molecule is NC(CCCc1cccs1)Cc1ccc(F)cc1. The molecule has 1 atom stereocenters. The summed E-state index contributed by atoms with van der Waals surface area (Å²) in [6.45, 7) is 0. The lowest BCUT2D eigenvalue weighted by Crippen LogP contribution is -2.22. The largest absolute Gasteiger partial charge is 0.327 e. The lowest BCUT2D eigenvalue weighted by atomic mass is 10.0. The van der Waals surface area contributed by atoms with E-state index in [0.29, 0.717) is 0 Å². The maximum atomic E-state index is 12.8. The molecule has 18 heavy (non-hydrogen) atoms. The van der Waals surface area contributed by atoms with Crippen LogP contribution in [0.2, 0.25) is 0 Å². The first-order valence-corrected chi connectivity index (χ1v) is 7.14. The summed E-state index contributed by atoms with van der Waals surface area (Å²) in [6.07, 6.45) is 4.05. The van der Waals surface area contributed by atoms with Crippen molar-refractivity contribution in [3.05, 3.63) is 58.0 Å². The molecule has 0 aliphatic rings. The highest BCUT2D eigenvalue weighted by molar-refractivity contribution is 7.09. The van der Waals surface area contributed by atoms with Crippen LogP contribution in [-0.4, -0.2) is 6.04 Å². The summed E-state index contributed by atoms with van der Waals surface area (Å²) in [5, 5.41) is 2.10. The summed E-state index contributed by atoms with van der Waals surface area (Å²) < 4.78 is 12.8. The molecule has 1 nitrogen and oxygen atoms in total. The number of halogens is 1. The molecule has 1 unspecified atom stereocenters. The molecule has 2 aromatic rings. The van der Waals surface area contributed by atoms with E-state index in [2.05, 4.69) is 17.5 Å². The van der Waals surface area contributed by atoms with Gasteiger partial charge in [0, 0.05) is 10.9 Å². The molecular weight excluding hydrogens is 245 g/mol. The summed E-state index contributed by atoms with van der Waals surface area (Å²) >= 11 is 1.80. The van der Waals surface area contributed by atoms with Crippen LogP contribution in [0, 0.1) is 5.82 Å². The van der Waals surface area contributed by atoms with Gasteiger partial charge in [0.15, 0.2) is 0 Å². The monoisotopic (exact) mass is 263 g/mol. The minimum Gasteiger partial charge on any atom is -0.327 e. The third-order valence-corrected chi connectivity index (χ3v) is 3.93. The predicted octanol–water partition coefficient (Wildman–Crippen LogP) is 3.78. The zero-order valence-corrected chi connectivity index (χ0v) is 11.1. The molecule has 1 aromatic carbocycles. The van der Waals surface area contributed by atoms with Crippen molar-refractivity contribution in [1.82, 2.24) is 0 Å². The summed E-state index contributed by atoms with van der Waals surface area (Å²) in [4.78, 5) is 1.42.